The normalized spacial score (nSPS) is 34.8. The van der Waals surface area contributed by atoms with Gasteiger partial charge in [-0.3, -0.25) is 14.5 Å². The van der Waals surface area contributed by atoms with Gasteiger partial charge >= 0.3 is 0 Å². The molecule has 7 nitrogen and oxygen atoms in total. The van der Waals surface area contributed by atoms with Crippen molar-refractivity contribution in [3.8, 4) is 0 Å². The van der Waals surface area contributed by atoms with E-state index in [1.54, 1.807) is 0 Å². The standard InChI is InChI=1S/C26H33N5O2/c1-16-13-31(14-17-5-3-2-4-6-17)15-21(16)23-28-24(32)22(29-30-23)12-27-25(33)26-9-18-7-19(10-26)20(8-18)11-26/h2-6,16,18-21H,7-15H2,1H3,(H,27,33)(H,28,30,32). The first-order valence-electron chi connectivity index (χ1n) is 12.5. The van der Waals surface area contributed by atoms with Crippen LogP contribution >= 0.6 is 0 Å². The van der Waals surface area contributed by atoms with E-state index in [2.05, 4.69) is 56.6 Å². The first-order valence-corrected chi connectivity index (χ1v) is 12.5. The zero-order chi connectivity index (χ0) is 22.6. The number of nitrogens with zero attached hydrogens (tertiary/aromatic N) is 3. The predicted octanol–water partition coefficient (Wildman–Crippen LogP) is 2.84. The molecule has 4 atom stereocenters. The van der Waals surface area contributed by atoms with Crippen LogP contribution in [0.1, 0.15) is 62.0 Å². The Hall–Kier alpha value is -2.54. The van der Waals surface area contributed by atoms with Crippen LogP contribution in [0, 0.1) is 29.1 Å². The van der Waals surface area contributed by atoms with E-state index in [-0.39, 0.29) is 29.3 Å². The summed E-state index contributed by atoms with van der Waals surface area (Å²) in [6, 6.07) is 10.4. The lowest BCUT2D eigenvalue weighted by atomic mass is 9.69. The Labute approximate surface area is 194 Å². The highest BCUT2D eigenvalue weighted by Crippen LogP contribution is 2.64. The topological polar surface area (TPSA) is 91.0 Å². The van der Waals surface area contributed by atoms with Gasteiger partial charge in [-0.05, 0) is 61.3 Å². The summed E-state index contributed by atoms with van der Waals surface area (Å²) in [5.74, 6) is 3.52. The summed E-state index contributed by atoms with van der Waals surface area (Å²) in [4.78, 5) is 31.2. The molecule has 7 rings (SSSR count). The molecule has 0 spiro atoms. The number of carbonyl (C=O) groups excluding carboxylic acids is 1. The number of H-pyrrole nitrogens is 1. The van der Waals surface area contributed by atoms with E-state index >= 15 is 0 Å². The molecule has 2 aromatic rings. The monoisotopic (exact) mass is 447 g/mol. The minimum atomic E-state index is -0.234. The van der Waals surface area contributed by atoms with Gasteiger partial charge in [0.15, 0.2) is 0 Å². The van der Waals surface area contributed by atoms with Crippen LogP contribution in [-0.4, -0.2) is 39.1 Å². The lowest BCUT2D eigenvalue weighted by Crippen LogP contribution is -2.43. The van der Waals surface area contributed by atoms with Crippen LogP contribution in [0.15, 0.2) is 35.1 Å². The van der Waals surface area contributed by atoms with Gasteiger partial charge in [-0.25, -0.2) is 0 Å². The fraction of sp³-hybridized carbons (Fsp3) is 0.615. The highest BCUT2D eigenvalue weighted by Gasteiger charge is 2.59. The van der Waals surface area contributed by atoms with Crippen LogP contribution < -0.4 is 10.9 Å². The summed E-state index contributed by atoms with van der Waals surface area (Å²) in [7, 11) is 0. The van der Waals surface area contributed by atoms with Gasteiger partial charge in [0.25, 0.3) is 5.56 Å². The largest absolute Gasteiger partial charge is 0.350 e. The highest BCUT2D eigenvalue weighted by atomic mass is 16.2. The minimum absolute atomic E-state index is 0.116. The van der Waals surface area contributed by atoms with Crippen molar-refractivity contribution in [2.24, 2.45) is 29.1 Å². The van der Waals surface area contributed by atoms with Crippen molar-refractivity contribution in [3.05, 3.63) is 57.8 Å². The number of benzene rings is 1. The number of rotatable bonds is 6. The number of aromatic nitrogens is 3. The average Bonchev–Trinajstić information content (AvgIpc) is 3.39. The quantitative estimate of drug-likeness (QED) is 0.711. The van der Waals surface area contributed by atoms with Crippen LogP contribution in [0.4, 0.5) is 0 Å². The Balaban J connectivity index is 1.09. The minimum Gasteiger partial charge on any atom is -0.350 e. The van der Waals surface area contributed by atoms with E-state index < -0.39 is 0 Å². The second-order valence-electron chi connectivity index (χ2n) is 11.2. The molecule has 174 valence electrons. The second-order valence-corrected chi connectivity index (χ2v) is 11.2. The zero-order valence-electron chi connectivity index (χ0n) is 19.3. The van der Waals surface area contributed by atoms with Gasteiger partial charge in [-0.2, -0.15) is 0 Å². The molecule has 4 aliphatic carbocycles. The number of aromatic amines is 1. The summed E-state index contributed by atoms with van der Waals surface area (Å²) < 4.78 is 0. The van der Waals surface area contributed by atoms with Gasteiger partial charge in [0.2, 0.25) is 5.91 Å². The summed E-state index contributed by atoms with van der Waals surface area (Å²) in [5, 5.41) is 11.7. The van der Waals surface area contributed by atoms with Crippen molar-refractivity contribution < 1.29 is 4.79 Å². The lowest BCUT2D eigenvalue weighted by molar-refractivity contribution is -0.134. The van der Waals surface area contributed by atoms with E-state index in [0.717, 1.165) is 56.7 Å². The molecule has 33 heavy (non-hydrogen) atoms. The van der Waals surface area contributed by atoms with Crippen LogP contribution in [-0.2, 0) is 17.9 Å². The molecule has 4 saturated carbocycles. The number of likely N-dealkylation sites (tertiary alicyclic amines) is 1. The number of nitrogens with one attached hydrogen (secondary N) is 2. The first kappa shape index (κ1) is 21.0. The summed E-state index contributed by atoms with van der Waals surface area (Å²) in [5.41, 5.74) is 1.16. The van der Waals surface area contributed by atoms with E-state index in [4.69, 9.17) is 0 Å². The van der Waals surface area contributed by atoms with E-state index in [9.17, 15) is 9.59 Å². The number of hydrogen-bond acceptors (Lipinski definition) is 5. The second kappa shape index (κ2) is 8.05. The number of hydrogen-bond donors (Lipinski definition) is 2. The Morgan fingerprint density at radius 1 is 1.12 bits per heavy atom. The Bertz CT molecular complexity index is 1080. The molecule has 4 unspecified atom stereocenters. The van der Waals surface area contributed by atoms with Gasteiger partial charge in [-0.15, -0.1) is 10.2 Å². The van der Waals surface area contributed by atoms with Crippen molar-refractivity contribution in [2.45, 2.75) is 58.0 Å². The third kappa shape index (κ3) is 3.80. The maximum Gasteiger partial charge on any atom is 0.274 e. The molecule has 1 amide bonds. The van der Waals surface area contributed by atoms with Crippen molar-refractivity contribution in [1.82, 2.24) is 25.4 Å². The van der Waals surface area contributed by atoms with E-state index in [0.29, 0.717) is 17.4 Å². The molecular formula is C26H33N5O2. The van der Waals surface area contributed by atoms with Crippen molar-refractivity contribution in [3.63, 3.8) is 0 Å². The van der Waals surface area contributed by atoms with Crippen LogP contribution in [0.25, 0.3) is 0 Å². The zero-order valence-corrected chi connectivity index (χ0v) is 19.3. The van der Waals surface area contributed by atoms with Crippen molar-refractivity contribution >= 4 is 5.91 Å². The van der Waals surface area contributed by atoms with E-state index in [1.807, 2.05) is 6.07 Å². The molecular weight excluding hydrogens is 414 g/mol. The maximum atomic E-state index is 13.1. The molecule has 1 aromatic heterocycles. The predicted molar refractivity (Wildman–Crippen MR) is 124 cm³/mol. The van der Waals surface area contributed by atoms with Gasteiger partial charge < -0.3 is 10.3 Å². The Morgan fingerprint density at radius 2 is 1.88 bits per heavy atom. The lowest BCUT2D eigenvalue weighted by Gasteiger charge is -2.36. The molecule has 7 heteroatoms. The van der Waals surface area contributed by atoms with Gasteiger partial charge in [0.05, 0.1) is 6.54 Å². The highest BCUT2D eigenvalue weighted by molar-refractivity contribution is 5.83. The first-order chi connectivity index (χ1) is 16.0. The average molecular weight is 448 g/mol. The smallest absolute Gasteiger partial charge is 0.274 e. The summed E-state index contributed by atoms with van der Waals surface area (Å²) in [6.45, 7) is 5.07. The molecule has 0 radical (unpaired) electrons. The Morgan fingerprint density at radius 3 is 2.58 bits per heavy atom. The van der Waals surface area contributed by atoms with Crippen molar-refractivity contribution in [1.29, 1.82) is 0 Å². The van der Waals surface area contributed by atoms with Crippen LogP contribution in [0.2, 0.25) is 0 Å². The fourth-order valence-corrected chi connectivity index (χ4v) is 7.49. The third-order valence-electron chi connectivity index (χ3n) is 8.89. The Kier molecular flexibility index (Phi) is 5.13. The molecule has 5 fully saturated rings. The van der Waals surface area contributed by atoms with Gasteiger partial charge in [0, 0.05) is 31.0 Å². The van der Waals surface area contributed by atoms with Crippen LogP contribution in [0.3, 0.4) is 0 Å². The van der Waals surface area contributed by atoms with Crippen molar-refractivity contribution in [2.75, 3.05) is 13.1 Å². The fourth-order valence-electron chi connectivity index (χ4n) is 7.49. The van der Waals surface area contributed by atoms with Crippen LogP contribution in [0.5, 0.6) is 0 Å². The molecule has 2 heterocycles. The van der Waals surface area contributed by atoms with E-state index in [1.165, 1.54) is 18.4 Å². The number of carbonyl (C=O) groups is 1. The SMILES string of the molecule is CC1CN(Cc2ccccc2)CC1c1nnc(CNC(=O)C23CC4CC(C2)C(C4)C3)c(=O)[nH]1. The number of amides is 1. The molecule has 1 aliphatic heterocycles. The van der Waals surface area contributed by atoms with Gasteiger partial charge in [0.1, 0.15) is 11.5 Å². The third-order valence-corrected chi connectivity index (χ3v) is 8.89. The maximum absolute atomic E-state index is 13.1. The summed E-state index contributed by atoms with van der Waals surface area (Å²) >= 11 is 0. The van der Waals surface area contributed by atoms with Gasteiger partial charge in [-0.1, -0.05) is 37.3 Å². The molecule has 5 aliphatic rings. The summed E-state index contributed by atoms with van der Waals surface area (Å²) in [6.07, 6.45) is 5.70. The molecule has 1 aromatic carbocycles. The molecule has 1 saturated heterocycles. The molecule has 4 bridgehead atoms. The molecule has 2 N–H and O–H groups in total.